The zero-order valence-corrected chi connectivity index (χ0v) is 18.8. The number of hydrogen-bond acceptors (Lipinski definition) is 4. The second-order valence-corrected chi connectivity index (χ2v) is 8.22. The Hall–Kier alpha value is -3.38. The lowest BCUT2D eigenvalue weighted by Gasteiger charge is -2.33. The molecule has 0 spiro atoms. The third kappa shape index (κ3) is 6.56. The minimum Gasteiger partial charge on any atom is -0.457 e. The molecule has 1 aliphatic heterocycles. The van der Waals surface area contributed by atoms with Gasteiger partial charge in [0.2, 0.25) is 5.91 Å². The van der Waals surface area contributed by atoms with Crippen molar-refractivity contribution in [2.24, 2.45) is 0 Å². The molecule has 0 unspecified atom stereocenters. The van der Waals surface area contributed by atoms with E-state index in [-0.39, 0.29) is 11.7 Å². The van der Waals surface area contributed by atoms with Crippen molar-refractivity contribution in [3.05, 3.63) is 84.2 Å². The van der Waals surface area contributed by atoms with E-state index in [0.29, 0.717) is 30.4 Å². The number of carbonyl (C=O) groups excluding carboxylic acids is 1. The Labute approximate surface area is 194 Å². The number of rotatable bonds is 8. The number of nitrogens with zero attached hydrogens (tertiary/aromatic N) is 1. The first-order chi connectivity index (χ1) is 16.1. The molecular formula is C27H29FN2O3. The summed E-state index contributed by atoms with van der Waals surface area (Å²) in [5.74, 6) is 0.888. The Morgan fingerprint density at radius 3 is 2.42 bits per heavy atom. The maximum Gasteiger partial charge on any atom is 0.224 e. The van der Waals surface area contributed by atoms with Crippen molar-refractivity contribution in [3.8, 4) is 11.5 Å². The van der Waals surface area contributed by atoms with Crippen LogP contribution in [0.1, 0.15) is 24.8 Å². The van der Waals surface area contributed by atoms with E-state index in [4.69, 9.17) is 9.47 Å². The van der Waals surface area contributed by atoms with Crippen molar-refractivity contribution < 1.29 is 18.7 Å². The minimum atomic E-state index is -0.302. The molecule has 0 bridgehead atoms. The molecular weight excluding hydrogens is 419 g/mol. The lowest BCUT2D eigenvalue weighted by atomic mass is 10.1. The fraction of sp³-hybridized carbons (Fsp3) is 0.296. The summed E-state index contributed by atoms with van der Waals surface area (Å²) in [6.07, 6.45) is 3.39. The van der Waals surface area contributed by atoms with Crippen LogP contribution in [0.25, 0.3) is 0 Å². The van der Waals surface area contributed by atoms with Gasteiger partial charge in [-0.05, 0) is 85.5 Å². The summed E-state index contributed by atoms with van der Waals surface area (Å²) in [7, 11) is 1.77. The molecule has 1 saturated heterocycles. The fourth-order valence-corrected chi connectivity index (χ4v) is 3.99. The van der Waals surface area contributed by atoms with Crippen molar-refractivity contribution >= 4 is 17.3 Å². The molecule has 3 aromatic rings. The predicted molar refractivity (Wildman–Crippen MR) is 129 cm³/mol. The van der Waals surface area contributed by atoms with E-state index in [1.54, 1.807) is 19.2 Å². The Balaban J connectivity index is 1.26. The lowest BCUT2D eigenvalue weighted by Crippen LogP contribution is -2.36. The summed E-state index contributed by atoms with van der Waals surface area (Å²) in [5, 5.41) is 2.97. The van der Waals surface area contributed by atoms with Crippen molar-refractivity contribution in [3.63, 3.8) is 0 Å². The molecule has 0 aromatic heterocycles. The zero-order valence-electron chi connectivity index (χ0n) is 18.8. The normalized spacial score (nSPS) is 14.2. The molecule has 1 aliphatic rings. The van der Waals surface area contributed by atoms with Crippen molar-refractivity contribution in [2.45, 2.75) is 31.8 Å². The predicted octanol–water partition coefficient (Wildman–Crippen LogP) is 5.80. The van der Waals surface area contributed by atoms with Gasteiger partial charge < -0.3 is 19.7 Å². The average Bonchev–Trinajstić information content (AvgIpc) is 2.85. The van der Waals surface area contributed by atoms with Gasteiger partial charge in [-0.15, -0.1) is 0 Å². The largest absolute Gasteiger partial charge is 0.457 e. The molecule has 1 heterocycles. The SMILES string of the molecule is COC1CCN(c2ccc(NC(=O)CCc3cccc(Oc4ccc(F)cc4)c3)cc2)CC1. The summed E-state index contributed by atoms with van der Waals surface area (Å²) < 4.78 is 24.3. The first kappa shape index (κ1) is 22.8. The number of amides is 1. The molecule has 0 aliphatic carbocycles. The summed E-state index contributed by atoms with van der Waals surface area (Å²) in [6.45, 7) is 1.96. The first-order valence-corrected chi connectivity index (χ1v) is 11.3. The third-order valence-electron chi connectivity index (χ3n) is 5.88. The second-order valence-electron chi connectivity index (χ2n) is 8.22. The van der Waals surface area contributed by atoms with E-state index in [2.05, 4.69) is 22.3 Å². The maximum absolute atomic E-state index is 13.1. The summed E-state index contributed by atoms with van der Waals surface area (Å²) in [4.78, 5) is 14.8. The molecule has 5 nitrogen and oxygen atoms in total. The van der Waals surface area contributed by atoms with Crippen molar-refractivity contribution in [2.75, 3.05) is 30.4 Å². The standard InChI is InChI=1S/C27H29FN2O3/c1-32-24-15-17-30(18-16-24)23-10-8-22(9-11-23)29-27(31)14-5-20-3-2-4-26(19-20)33-25-12-6-21(28)7-13-25/h2-4,6-13,19,24H,5,14-18H2,1H3,(H,29,31). The quantitative estimate of drug-likeness (QED) is 0.473. The summed E-state index contributed by atoms with van der Waals surface area (Å²) in [5.41, 5.74) is 2.96. The van der Waals surface area contributed by atoms with Gasteiger partial charge in [-0.3, -0.25) is 4.79 Å². The molecule has 0 saturated carbocycles. The highest BCUT2D eigenvalue weighted by Gasteiger charge is 2.18. The van der Waals surface area contributed by atoms with Crippen LogP contribution in [0, 0.1) is 5.82 Å². The topological polar surface area (TPSA) is 50.8 Å². The Morgan fingerprint density at radius 2 is 1.73 bits per heavy atom. The van der Waals surface area contributed by atoms with Gasteiger partial charge in [0.15, 0.2) is 0 Å². The summed E-state index contributed by atoms with van der Waals surface area (Å²) in [6, 6.07) is 21.5. The fourth-order valence-electron chi connectivity index (χ4n) is 3.99. The van der Waals surface area contributed by atoms with Crippen molar-refractivity contribution in [1.29, 1.82) is 0 Å². The lowest BCUT2D eigenvalue weighted by molar-refractivity contribution is -0.116. The second kappa shape index (κ2) is 11.0. The monoisotopic (exact) mass is 448 g/mol. The molecule has 1 amide bonds. The number of piperidine rings is 1. The van der Waals surface area contributed by atoms with Crippen LogP contribution in [0.15, 0.2) is 72.8 Å². The highest BCUT2D eigenvalue weighted by Crippen LogP contribution is 2.24. The van der Waals surface area contributed by atoms with Crippen LogP contribution in [0.4, 0.5) is 15.8 Å². The maximum atomic E-state index is 13.1. The molecule has 0 radical (unpaired) electrons. The highest BCUT2D eigenvalue weighted by molar-refractivity contribution is 5.91. The number of anilines is 2. The van der Waals surface area contributed by atoms with Crippen molar-refractivity contribution in [1.82, 2.24) is 0 Å². The Morgan fingerprint density at radius 1 is 1.00 bits per heavy atom. The molecule has 172 valence electrons. The van der Waals surface area contributed by atoms with Gasteiger partial charge in [-0.2, -0.15) is 0 Å². The molecule has 6 heteroatoms. The molecule has 0 atom stereocenters. The van der Waals surface area contributed by atoms with Gasteiger partial charge in [0, 0.05) is 38.0 Å². The van der Waals surface area contributed by atoms with Gasteiger partial charge in [-0.1, -0.05) is 12.1 Å². The van der Waals surface area contributed by atoms with Gasteiger partial charge in [0.1, 0.15) is 17.3 Å². The molecule has 33 heavy (non-hydrogen) atoms. The number of ether oxygens (including phenoxy) is 2. The number of methoxy groups -OCH3 is 1. The molecule has 1 fully saturated rings. The number of nitrogens with one attached hydrogen (secondary N) is 1. The Bertz CT molecular complexity index is 1050. The van der Waals surface area contributed by atoms with Gasteiger partial charge in [-0.25, -0.2) is 4.39 Å². The number of halogens is 1. The molecule has 3 aromatic carbocycles. The van der Waals surface area contributed by atoms with E-state index < -0.39 is 0 Å². The number of aryl methyl sites for hydroxylation is 1. The van der Waals surface area contributed by atoms with E-state index in [0.717, 1.165) is 37.2 Å². The molecule has 4 rings (SSSR count). The van der Waals surface area contributed by atoms with Gasteiger partial charge in [0.05, 0.1) is 6.10 Å². The number of hydrogen-bond donors (Lipinski definition) is 1. The number of carbonyl (C=O) groups is 1. The average molecular weight is 449 g/mol. The van der Waals surface area contributed by atoms with Crippen LogP contribution in [-0.2, 0) is 16.0 Å². The molecule has 1 N–H and O–H groups in total. The van der Waals surface area contributed by atoms with Crippen LogP contribution in [-0.4, -0.2) is 32.2 Å². The third-order valence-corrected chi connectivity index (χ3v) is 5.88. The number of benzene rings is 3. The van der Waals surface area contributed by atoms with E-state index in [9.17, 15) is 9.18 Å². The smallest absolute Gasteiger partial charge is 0.224 e. The minimum absolute atomic E-state index is 0.0338. The van der Waals surface area contributed by atoms with E-state index >= 15 is 0 Å². The first-order valence-electron chi connectivity index (χ1n) is 11.3. The van der Waals surface area contributed by atoms with Crippen LogP contribution < -0.4 is 15.0 Å². The summed E-state index contributed by atoms with van der Waals surface area (Å²) >= 11 is 0. The van der Waals surface area contributed by atoms with E-state index in [1.807, 2.05) is 36.4 Å². The van der Waals surface area contributed by atoms with Gasteiger partial charge >= 0.3 is 0 Å². The van der Waals surface area contributed by atoms with Gasteiger partial charge in [0.25, 0.3) is 0 Å². The van der Waals surface area contributed by atoms with Crippen LogP contribution in [0.2, 0.25) is 0 Å². The van der Waals surface area contributed by atoms with Crippen LogP contribution >= 0.6 is 0 Å². The zero-order chi connectivity index (χ0) is 23.0. The highest BCUT2D eigenvalue weighted by atomic mass is 19.1. The van der Waals surface area contributed by atoms with Crippen LogP contribution in [0.5, 0.6) is 11.5 Å². The van der Waals surface area contributed by atoms with Crippen LogP contribution in [0.3, 0.4) is 0 Å². The Kier molecular flexibility index (Phi) is 7.58. The van der Waals surface area contributed by atoms with E-state index in [1.165, 1.54) is 17.8 Å².